The van der Waals surface area contributed by atoms with E-state index in [-0.39, 0.29) is 24.4 Å². The van der Waals surface area contributed by atoms with E-state index in [4.69, 9.17) is 28.4 Å². The number of fused-ring (bicyclic) bond motifs is 3. The Morgan fingerprint density at radius 1 is 0.913 bits per heavy atom. The van der Waals surface area contributed by atoms with Gasteiger partial charge in [-0.2, -0.15) is 0 Å². The molecule has 0 aromatic heterocycles. The van der Waals surface area contributed by atoms with Gasteiger partial charge in [-0.05, 0) is 41.5 Å². The zero-order valence-corrected chi connectivity index (χ0v) is 14.8. The third-order valence-electron chi connectivity index (χ3n) is 4.14. The molecule has 0 aromatic rings. The van der Waals surface area contributed by atoms with E-state index < -0.39 is 17.9 Å². The van der Waals surface area contributed by atoms with Crippen molar-refractivity contribution in [1.82, 2.24) is 0 Å². The molecule has 3 fully saturated rings. The number of ether oxygens (including phenoxy) is 6. The molecule has 0 amide bonds. The molecular weight excluding hydrogens is 300 g/mol. The maximum atomic E-state index is 6.06. The average molecular weight is 328 g/mol. The van der Waals surface area contributed by atoms with Crippen LogP contribution in [0, 0.1) is 0 Å². The maximum Gasteiger partial charge on any atom is 0.190 e. The van der Waals surface area contributed by atoms with Crippen molar-refractivity contribution in [1.29, 1.82) is 0 Å². The van der Waals surface area contributed by atoms with Crippen molar-refractivity contribution in [2.24, 2.45) is 0 Å². The fourth-order valence-electron chi connectivity index (χ4n) is 3.24. The molecule has 0 N–H and O–H groups in total. The first-order valence-electron chi connectivity index (χ1n) is 8.25. The van der Waals surface area contributed by atoms with Crippen LogP contribution in [0.2, 0.25) is 0 Å². The third-order valence-corrected chi connectivity index (χ3v) is 4.14. The molecule has 132 valence electrons. The van der Waals surface area contributed by atoms with Crippen LogP contribution in [0.15, 0.2) is 11.6 Å². The molecule has 3 aliphatic rings. The summed E-state index contributed by atoms with van der Waals surface area (Å²) in [5.74, 6) is -1.35. The van der Waals surface area contributed by atoms with E-state index in [9.17, 15) is 0 Å². The number of hydrogen-bond donors (Lipinski definition) is 0. The number of allylic oxidation sites excluding steroid dienone is 1. The molecule has 0 spiro atoms. The van der Waals surface area contributed by atoms with Gasteiger partial charge in [-0.3, -0.25) is 0 Å². The molecule has 0 aromatic carbocycles. The van der Waals surface area contributed by atoms with Gasteiger partial charge in [0.25, 0.3) is 0 Å². The molecule has 6 heteroatoms. The van der Waals surface area contributed by atoms with Crippen LogP contribution in [0.1, 0.15) is 41.5 Å². The lowest BCUT2D eigenvalue weighted by Crippen LogP contribution is -2.56. The predicted octanol–water partition coefficient (Wildman–Crippen LogP) is 2.37. The molecule has 3 unspecified atom stereocenters. The van der Waals surface area contributed by atoms with Crippen LogP contribution >= 0.6 is 0 Å². The van der Waals surface area contributed by atoms with Crippen molar-refractivity contribution in [3.8, 4) is 0 Å². The molecule has 0 bridgehead atoms. The van der Waals surface area contributed by atoms with Gasteiger partial charge >= 0.3 is 0 Å². The van der Waals surface area contributed by atoms with Gasteiger partial charge in [0, 0.05) is 0 Å². The van der Waals surface area contributed by atoms with E-state index in [0.29, 0.717) is 13.2 Å². The van der Waals surface area contributed by atoms with E-state index in [2.05, 4.69) is 0 Å². The smallest absolute Gasteiger partial charge is 0.190 e. The molecule has 23 heavy (non-hydrogen) atoms. The third kappa shape index (κ3) is 3.78. The second-order valence-corrected chi connectivity index (χ2v) is 7.53. The van der Waals surface area contributed by atoms with E-state index in [0.717, 1.165) is 0 Å². The van der Waals surface area contributed by atoms with Crippen LogP contribution < -0.4 is 0 Å². The molecule has 5 atom stereocenters. The van der Waals surface area contributed by atoms with Gasteiger partial charge in [-0.15, -0.1) is 0 Å². The van der Waals surface area contributed by atoms with Crippen molar-refractivity contribution in [2.75, 3.05) is 13.2 Å². The van der Waals surface area contributed by atoms with Gasteiger partial charge in [0.2, 0.25) is 0 Å². The SMILES string of the molecule is CC(C)=CCOCC1O[C@@H]2OC(C)(C)OC2C2OC(C)(C)O[C@@H]12. The van der Waals surface area contributed by atoms with E-state index >= 15 is 0 Å². The normalized spacial score (nSPS) is 40.5. The van der Waals surface area contributed by atoms with Crippen molar-refractivity contribution in [3.63, 3.8) is 0 Å². The number of rotatable bonds is 4. The van der Waals surface area contributed by atoms with Gasteiger partial charge in [0.05, 0.1) is 13.2 Å². The summed E-state index contributed by atoms with van der Waals surface area (Å²) in [7, 11) is 0. The molecular formula is C17H28O6. The highest BCUT2D eigenvalue weighted by atomic mass is 16.9. The fraction of sp³-hybridized carbons (Fsp3) is 0.882. The summed E-state index contributed by atoms with van der Waals surface area (Å²) < 4.78 is 35.7. The molecule has 0 saturated carbocycles. The average Bonchev–Trinajstić information content (AvgIpc) is 2.88. The highest BCUT2D eigenvalue weighted by Crippen LogP contribution is 2.44. The van der Waals surface area contributed by atoms with Crippen molar-refractivity contribution < 1.29 is 28.4 Å². The fourth-order valence-corrected chi connectivity index (χ4v) is 3.24. The summed E-state index contributed by atoms with van der Waals surface area (Å²) in [5.41, 5.74) is 1.23. The first-order chi connectivity index (χ1) is 10.7. The lowest BCUT2D eigenvalue weighted by molar-refractivity contribution is -0.242. The second-order valence-electron chi connectivity index (χ2n) is 7.53. The largest absolute Gasteiger partial charge is 0.375 e. The van der Waals surface area contributed by atoms with Gasteiger partial charge < -0.3 is 28.4 Å². The Balaban J connectivity index is 1.70. The Labute approximate surface area is 138 Å². The van der Waals surface area contributed by atoms with Crippen molar-refractivity contribution in [2.45, 2.75) is 83.8 Å². The molecule has 3 saturated heterocycles. The maximum absolute atomic E-state index is 6.06. The Morgan fingerprint density at radius 2 is 1.52 bits per heavy atom. The van der Waals surface area contributed by atoms with Crippen LogP contribution in [0.5, 0.6) is 0 Å². The predicted molar refractivity (Wildman–Crippen MR) is 82.8 cm³/mol. The van der Waals surface area contributed by atoms with E-state index in [1.54, 1.807) is 0 Å². The van der Waals surface area contributed by atoms with Crippen LogP contribution in [0.25, 0.3) is 0 Å². The Morgan fingerprint density at radius 3 is 2.22 bits per heavy atom. The van der Waals surface area contributed by atoms with Crippen molar-refractivity contribution in [3.05, 3.63) is 11.6 Å². The standard InChI is InChI=1S/C17H28O6/c1-10(2)7-8-18-9-11-12-13(21-16(3,4)20-12)14-15(19-11)23-17(5,6)22-14/h7,11-15H,8-9H2,1-6H3/t11?,12-,13?,14?,15+/m0/s1. The van der Waals surface area contributed by atoms with Crippen LogP contribution in [-0.4, -0.2) is 55.5 Å². The van der Waals surface area contributed by atoms with Crippen LogP contribution in [-0.2, 0) is 28.4 Å². The first-order valence-corrected chi connectivity index (χ1v) is 8.25. The summed E-state index contributed by atoms with van der Waals surface area (Å²) >= 11 is 0. The Kier molecular flexibility index (Phi) is 4.59. The molecule has 3 heterocycles. The van der Waals surface area contributed by atoms with E-state index in [1.165, 1.54) is 5.57 Å². The van der Waals surface area contributed by atoms with Gasteiger partial charge in [0.15, 0.2) is 17.9 Å². The van der Waals surface area contributed by atoms with Gasteiger partial charge in [-0.1, -0.05) is 11.6 Å². The zero-order chi connectivity index (χ0) is 16.8. The zero-order valence-electron chi connectivity index (χ0n) is 14.8. The summed E-state index contributed by atoms with van der Waals surface area (Å²) in [4.78, 5) is 0. The van der Waals surface area contributed by atoms with Crippen LogP contribution in [0.4, 0.5) is 0 Å². The lowest BCUT2D eigenvalue weighted by Gasteiger charge is -2.37. The minimum atomic E-state index is -0.687. The second kappa shape index (κ2) is 6.10. The molecule has 3 rings (SSSR count). The first kappa shape index (κ1) is 17.3. The Bertz CT molecular complexity index is 468. The Hall–Kier alpha value is -0.500. The van der Waals surface area contributed by atoms with Crippen molar-refractivity contribution >= 4 is 0 Å². The summed E-state index contributed by atoms with van der Waals surface area (Å²) in [5, 5.41) is 0. The number of hydrogen-bond acceptors (Lipinski definition) is 6. The quantitative estimate of drug-likeness (QED) is 0.583. The summed E-state index contributed by atoms with van der Waals surface area (Å²) in [6.45, 7) is 12.6. The molecule has 6 nitrogen and oxygen atoms in total. The monoisotopic (exact) mass is 328 g/mol. The summed E-state index contributed by atoms with van der Waals surface area (Å²) in [6, 6.07) is 0. The summed E-state index contributed by atoms with van der Waals surface area (Å²) in [6.07, 6.45) is 0.605. The highest BCUT2D eigenvalue weighted by Gasteiger charge is 2.60. The molecule has 0 aliphatic carbocycles. The minimum Gasteiger partial charge on any atom is -0.375 e. The topological polar surface area (TPSA) is 55.4 Å². The molecule has 0 radical (unpaired) electrons. The minimum absolute atomic E-state index is 0.220. The van der Waals surface area contributed by atoms with Gasteiger partial charge in [0.1, 0.15) is 24.4 Å². The molecule has 3 aliphatic heterocycles. The lowest BCUT2D eigenvalue weighted by atomic mass is 9.99. The van der Waals surface area contributed by atoms with Gasteiger partial charge in [-0.25, -0.2) is 0 Å². The highest BCUT2D eigenvalue weighted by molar-refractivity contribution is 5.00. The van der Waals surface area contributed by atoms with Crippen LogP contribution in [0.3, 0.4) is 0 Å². The van der Waals surface area contributed by atoms with E-state index in [1.807, 2.05) is 47.6 Å².